The molecule has 0 aliphatic carbocycles. The molecule has 1 N–H and O–H groups in total. The first kappa shape index (κ1) is 21.7. The minimum Gasteiger partial charge on any atom is -0.370 e. The highest BCUT2D eigenvalue weighted by atomic mass is 35.5. The highest BCUT2D eigenvalue weighted by Gasteiger charge is 2.41. The molecule has 7 heteroatoms. The van der Waals surface area contributed by atoms with Gasteiger partial charge in [0, 0.05) is 34.7 Å². The lowest BCUT2D eigenvalue weighted by Crippen LogP contribution is -2.33. The molecule has 2 aliphatic rings. The molecule has 2 aliphatic heterocycles. The van der Waals surface area contributed by atoms with Gasteiger partial charge in [0.15, 0.2) is 5.11 Å². The van der Waals surface area contributed by atoms with Crippen molar-refractivity contribution in [3.8, 4) is 0 Å². The molecule has 3 aromatic rings. The summed E-state index contributed by atoms with van der Waals surface area (Å²) in [6, 6.07) is 16.8. The number of halogens is 1. The van der Waals surface area contributed by atoms with Crippen molar-refractivity contribution in [2.75, 3.05) is 22.9 Å². The summed E-state index contributed by atoms with van der Waals surface area (Å²) in [4.78, 5) is 11.8. The molecular weight excluding hydrogens is 456 g/mol. The van der Waals surface area contributed by atoms with E-state index < -0.39 is 0 Å². The fraction of sp³-hybridized carbons (Fsp3) is 0.360. The van der Waals surface area contributed by atoms with Gasteiger partial charge in [0.05, 0.1) is 28.5 Å². The average molecular weight is 483 g/mol. The van der Waals surface area contributed by atoms with Crippen LogP contribution < -0.4 is 15.1 Å². The molecule has 2 saturated heterocycles. The molecule has 2 atom stereocenters. The predicted molar refractivity (Wildman–Crippen MR) is 139 cm³/mol. The van der Waals surface area contributed by atoms with Crippen LogP contribution in [0.2, 0.25) is 5.02 Å². The summed E-state index contributed by atoms with van der Waals surface area (Å²) in [5.74, 6) is 0.788. The maximum Gasteiger partial charge on any atom is 0.174 e. The first-order valence-electron chi connectivity index (χ1n) is 11.1. The van der Waals surface area contributed by atoms with Gasteiger partial charge in [0.25, 0.3) is 0 Å². The third kappa shape index (κ3) is 4.12. The number of benzene rings is 1. The quantitative estimate of drug-likeness (QED) is 0.428. The lowest BCUT2D eigenvalue weighted by atomic mass is 9.98. The van der Waals surface area contributed by atoms with E-state index in [2.05, 4.69) is 70.3 Å². The third-order valence-electron chi connectivity index (χ3n) is 6.48. The number of rotatable bonds is 4. The molecule has 2 aromatic heterocycles. The number of aryl methyl sites for hydroxylation is 1. The summed E-state index contributed by atoms with van der Waals surface area (Å²) in [6.45, 7) is 6.58. The van der Waals surface area contributed by atoms with Gasteiger partial charge in [0.2, 0.25) is 0 Å². The number of nitrogens with zero attached hydrogens (tertiary/aromatic N) is 3. The highest BCUT2D eigenvalue weighted by Crippen LogP contribution is 2.45. The zero-order valence-corrected chi connectivity index (χ0v) is 20.7. The van der Waals surface area contributed by atoms with Gasteiger partial charge in [0.1, 0.15) is 0 Å². The summed E-state index contributed by atoms with van der Waals surface area (Å²) in [7, 11) is 0. The van der Waals surface area contributed by atoms with Crippen LogP contribution in [0.4, 0.5) is 11.4 Å². The van der Waals surface area contributed by atoms with Crippen LogP contribution in [0.25, 0.3) is 0 Å². The zero-order valence-electron chi connectivity index (χ0n) is 18.3. The second-order valence-electron chi connectivity index (χ2n) is 8.75. The maximum atomic E-state index is 6.83. The predicted octanol–water partition coefficient (Wildman–Crippen LogP) is 6.52. The van der Waals surface area contributed by atoms with Crippen LogP contribution in [0.15, 0.2) is 54.7 Å². The van der Waals surface area contributed by atoms with E-state index in [1.165, 1.54) is 22.6 Å². The smallest absolute Gasteiger partial charge is 0.174 e. The Bertz CT molecular complexity index is 1110. The van der Waals surface area contributed by atoms with Gasteiger partial charge in [-0.15, -0.1) is 11.3 Å². The second kappa shape index (κ2) is 9.00. The highest BCUT2D eigenvalue weighted by molar-refractivity contribution is 7.80. The molecule has 166 valence electrons. The van der Waals surface area contributed by atoms with Crippen molar-refractivity contribution in [2.45, 2.75) is 38.8 Å². The van der Waals surface area contributed by atoms with E-state index in [-0.39, 0.29) is 12.1 Å². The number of anilines is 2. The van der Waals surface area contributed by atoms with Crippen LogP contribution in [0.5, 0.6) is 0 Å². The minimum absolute atomic E-state index is 0.0221. The van der Waals surface area contributed by atoms with E-state index >= 15 is 0 Å². The Hall–Kier alpha value is -2.15. The second-order valence-corrected chi connectivity index (χ2v) is 10.9. The van der Waals surface area contributed by atoms with Crippen LogP contribution in [-0.2, 0) is 0 Å². The molecule has 2 fully saturated rings. The molecule has 0 saturated carbocycles. The summed E-state index contributed by atoms with van der Waals surface area (Å²) in [5, 5.41) is 5.01. The van der Waals surface area contributed by atoms with Crippen LogP contribution in [0, 0.1) is 12.8 Å². The Kier molecular flexibility index (Phi) is 6.10. The first-order valence-corrected chi connectivity index (χ1v) is 12.7. The standard InChI is InChI=1S/C25H27ClN4S2/c1-16-10-13-29(14-11-16)21-8-7-18(15-19(21)26)30-24(22-9-6-17(2)32-22)23(28-25(30)31)20-5-3-4-12-27-20/h3-9,12,15-16,23-24H,10-11,13-14H2,1-2H3,(H,28,31)/t23-,24+/m1/s1. The van der Waals surface area contributed by atoms with Crippen molar-refractivity contribution in [1.82, 2.24) is 10.3 Å². The van der Waals surface area contributed by atoms with Crippen LogP contribution in [0.1, 0.15) is 47.3 Å². The molecule has 5 rings (SSSR count). The van der Waals surface area contributed by atoms with Crippen molar-refractivity contribution < 1.29 is 0 Å². The lowest BCUT2D eigenvalue weighted by molar-refractivity contribution is 0.438. The fourth-order valence-corrected chi connectivity index (χ4v) is 6.33. The zero-order chi connectivity index (χ0) is 22.2. The Labute approximate surface area is 204 Å². The number of hydrogen-bond donors (Lipinski definition) is 1. The van der Waals surface area contributed by atoms with Gasteiger partial charge in [-0.2, -0.15) is 0 Å². The Balaban J connectivity index is 1.51. The van der Waals surface area contributed by atoms with E-state index in [0.29, 0.717) is 5.11 Å². The SMILES string of the molecule is Cc1ccc([C@H]2[C@@H](c3ccccn3)NC(=S)N2c2ccc(N3CCC(C)CC3)c(Cl)c2)s1. The number of thiocarbonyl (C=S) groups is 1. The molecule has 0 radical (unpaired) electrons. The van der Waals surface area contributed by atoms with Crippen LogP contribution >= 0.6 is 35.2 Å². The molecular formula is C25H27ClN4S2. The van der Waals surface area contributed by atoms with Crippen molar-refractivity contribution >= 4 is 51.6 Å². The maximum absolute atomic E-state index is 6.83. The van der Waals surface area contributed by atoms with Gasteiger partial charge in [-0.05, 0) is 80.4 Å². The van der Waals surface area contributed by atoms with Crippen molar-refractivity contribution in [2.24, 2.45) is 5.92 Å². The lowest BCUT2D eigenvalue weighted by Gasteiger charge is -2.33. The number of nitrogens with one attached hydrogen (secondary N) is 1. The molecule has 4 nitrogen and oxygen atoms in total. The molecule has 0 spiro atoms. The topological polar surface area (TPSA) is 31.4 Å². The van der Waals surface area contributed by atoms with Gasteiger partial charge >= 0.3 is 0 Å². The van der Waals surface area contributed by atoms with Crippen molar-refractivity contribution in [3.63, 3.8) is 0 Å². The van der Waals surface area contributed by atoms with Crippen molar-refractivity contribution in [1.29, 1.82) is 0 Å². The van der Waals surface area contributed by atoms with Gasteiger partial charge < -0.3 is 15.1 Å². The number of hydrogen-bond acceptors (Lipinski definition) is 4. The Morgan fingerprint density at radius 1 is 1.12 bits per heavy atom. The number of pyridine rings is 1. The van der Waals surface area contributed by atoms with E-state index in [1.54, 1.807) is 11.3 Å². The largest absolute Gasteiger partial charge is 0.370 e. The Morgan fingerprint density at radius 3 is 2.59 bits per heavy atom. The van der Waals surface area contributed by atoms with Crippen molar-refractivity contribution in [3.05, 3.63) is 75.2 Å². The van der Waals surface area contributed by atoms with Gasteiger partial charge in [-0.3, -0.25) is 4.98 Å². The van der Waals surface area contributed by atoms with E-state index in [9.17, 15) is 0 Å². The molecule has 0 unspecified atom stereocenters. The third-order valence-corrected chi connectivity index (χ3v) is 8.17. The average Bonchev–Trinajstić information content (AvgIpc) is 3.38. The number of aromatic nitrogens is 1. The normalized spacial score (nSPS) is 21.8. The molecule has 1 aromatic carbocycles. The summed E-state index contributed by atoms with van der Waals surface area (Å²) < 4.78 is 0. The van der Waals surface area contributed by atoms with Gasteiger partial charge in [-0.25, -0.2) is 0 Å². The summed E-state index contributed by atoms with van der Waals surface area (Å²) in [6.07, 6.45) is 4.26. The van der Waals surface area contributed by atoms with E-state index in [0.717, 1.165) is 41.1 Å². The molecule has 4 heterocycles. The molecule has 0 bridgehead atoms. The summed E-state index contributed by atoms with van der Waals surface area (Å²) >= 11 is 14.5. The fourth-order valence-electron chi connectivity index (χ4n) is 4.69. The summed E-state index contributed by atoms with van der Waals surface area (Å²) in [5.41, 5.74) is 3.11. The molecule has 0 amide bonds. The molecule has 32 heavy (non-hydrogen) atoms. The first-order chi connectivity index (χ1) is 15.5. The van der Waals surface area contributed by atoms with Gasteiger partial charge in [-0.1, -0.05) is 24.6 Å². The number of thiophene rings is 1. The Morgan fingerprint density at radius 2 is 1.94 bits per heavy atom. The van der Waals surface area contributed by atoms with E-state index in [1.807, 2.05) is 18.3 Å². The minimum atomic E-state index is -0.0243. The van der Waals surface area contributed by atoms with E-state index in [4.69, 9.17) is 23.8 Å². The van der Waals surface area contributed by atoms with Crippen LogP contribution in [0.3, 0.4) is 0 Å². The monoisotopic (exact) mass is 482 g/mol. The number of piperidine rings is 1. The van der Waals surface area contributed by atoms with Crippen LogP contribution in [-0.4, -0.2) is 23.2 Å².